The largest absolute Gasteiger partial charge is 0.490 e. The second kappa shape index (κ2) is 5.49. The van der Waals surface area contributed by atoms with E-state index in [0.717, 1.165) is 11.3 Å². The molecule has 0 aromatic heterocycles. The van der Waals surface area contributed by atoms with Crippen LogP contribution in [0.25, 0.3) is 0 Å². The van der Waals surface area contributed by atoms with Crippen LogP contribution in [-0.4, -0.2) is 19.3 Å². The molecule has 2 saturated carbocycles. The van der Waals surface area contributed by atoms with Crippen LogP contribution in [0.5, 0.6) is 5.75 Å². The predicted octanol–water partition coefficient (Wildman–Crippen LogP) is 2.16. The SMILES string of the molecule is COC(C1CC1)C(NN)c1ccc(OC2CC2)cc1. The number of nitrogens with two attached hydrogens (primary N) is 1. The highest BCUT2D eigenvalue weighted by Gasteiger charge is 2.37. The number of rotatable bonds is 7. The predicted molar refractivity (Wildman–Crippen MR) is 73.7 cm³/mol. The smallest absolute Gasteiger partial charge is 0.119 e. The molecule has 104 valence electrons. The van der Waals surface area contributed by atoms with E-state index in [1.54, 1.807) is 7.11 Å². The second-order valence-corrected chi connectivity index (χ2v) is 5.57. The lowest BCUT2D eigenvalue weighted by Gasteiger charge is -2.26. The lowest BCUT2D eigenvalue weighted by atomic mass is 9.98. The van der Waals surface area contributed by atoms with Crippen molar-refractivity contribution >= 4 is 0 Å². The minimum Gasteiger partial charge on any atom is -0.490 e. The van der Waals surface area contributed by atoms with Crippen molar-refractivity contribution in [1.29, 1.82) is 0 Å². The van der Waals surface area contributed by atoms with E-state index in [1.807, 2.05) is 12.1 Å². The Kier molecular flexibility index (Phi) is 3.73. The van der Waals surface area contributed by atoms with Crippen LogP contribution < -0.4 is 16.0 Å². The average molecular weight is 262 g/mol. The molecular weight excluding hydrogens is 240 g/mol. The van der Waals surface area contributed by atoms with Crippen molar-refractivity contribution in [2.45, 2.75) is 43.9 Å². The summed E-state index contributed by atoms with van der Waals surface area (Å²) < 4.78 is 11.4. The van der Waals surface area contributed by atoms with E-state index >= 15 is 0 Å². The molecule has 2 unspecified atom stereocenters. The van der Waals surface area contributed by atoms with Crippen LogP contribution in [0.3, 0.4) is 0 Å². The van der Waals surface area contributed by atoms with Crippen molar-refractivity contribution in [3.8, 4) is 5.75 Å². The van der Waals surface area contributed by atoms with E-state index < -0.39 is 0 Å². The highest BCUT2D eigenvalue weighted by molar-refractivity contribution is 5.30. The van der Waals surface area contributed by atoms with Crippen LogP contribution in [0.15, 0.2) is 24.3 Å². The minimum atomic E-state index is 0.0486. The quantitative estimate of drug-likeness (QED) is 0.584. The van der Waals surface area contributed by atoms with E-state index in [2.05, 4.69) is 17.6 Å². The lowest BCUT2D eigenvalue weighted by molar-refractivity contribution is 0.0506. The molecule has 0 amide bonds. The van der Waals surface area contributed by atoms with Crippen LogP contribution in [0.4, 0.5) is 0 Å². The molecule has 4 nitrogen and oxygen atoms in total. The first-order valence-corrected chi connectivity index (χ1v) is 7.07. The molecule has 2 aliphatic rings. The highest BCUT2D eigenvalue weighted by Crippen LogP contribution is 2.39. The highest BCUT2D eigenvalue weighted by atomic mass is 16.5. The molecule has 19 heavy (non-hydrogen) atoms. The van der Waals surface area contributed by atoms with Crippen LogP contribution in [0.2, 0.25) is 0 Å². The fraction of sp³-hybridized carbons (Fsp3) is 0.600. The lowest BCUT2D eigenvalue weighted by Crippen LogP contribution is -2.38. The van der Waals surface area contributed by atoms with Gasteiger partial charge in [-0.25, -0.2) is 0 Å². The summed E-state index contributed by atoms with van der Waals surface area (Å²) in [6.07, 6.45) is 5.43. The van der Waals surface area contributed by atoms with Crippen molar-refractivity contribution < 1.29 is 9.47 Å². The summed E-state index contributed by atoms with van der Waals surface area (Å²) in [6.45, 7) is 0. The van der Waals surface area contributed by atoms with Gasteiger partial charge in [0.2, 0.25) is 0 Å². The van der Waals surface area contributed by atoms with E-state index in [-0.39, 0.29) is 12.1 Å². The standard InChI is InChI=1S/C15H22N2O2/c1-18-15(11-2-3-11)14(17-16)10-4-6-12(7-5-10)19-13-8-9-13/h4-7,11,13-15,17H,2-3,8-9,16H2,1H3. The average Bonchev–Trinajstić information content (AvgIpc) is 3.30. The van der Waals surface area contributed by atoms with Crippen molar-refractivity contribution in [2.75, 3.05) is 7.11 Å². The van der Waals surface area contributed by atoms with Crippen LogP contribution >= 0.6 is 0 Å². The molecule has 2 atom stereocenters. The third-order valence-corrected chi connectivity index (χ3v) is 3.93. The third-order valence-electron chi connectivity index (χ3n) is 3.93. The van der Waals surface area contributed by atoms with Gasteiger partial charge in [-0.3, -0.25) is 11.3 Å². The zero-order chi connectivity index (χ0) is 13.2. The first-order valence-electron chi connectivity index (χ1n) is 7.07. The van der Waals surface area contributed by atoms with Crippen molar-refractivity contribution in [1.82, 2.24) is 5.43 Å². The Morgan fingerprint density at radius 1 is 1.16 bits per heavy atom. The van der Waals surface area contributed by atoms with Crippen molar-refractivity contribution in [3.63, 3.8) is 0 Å². The first-order chi connectivity index (χ1) is 9.31. The number of hydrogen-bond acceptors (Lipinski definition) is 4. The Balaban J connectivity index is 1.70. The molecule has 0 radical (unpaired) electrons. The fourth-order valence-electron chi connectivity index (χ4n) is 2.54. The zero-order valence-corrected chi connectivity index (χ0v) is 11.3. The van der Waals surface area contributed by atoms with Gasteiger partial charge in [-0.15, -0.1) is 0 Å². The Bertz CT molecular complexity index is 413. The van der Waals surface area contributed by atoms with Crippen molar-refractivity contribution in [2.24, 2.45) is 11.8 Å². The molecular formula is C15H22N2O2. The van der Waals surface area contributed by atoms with Gasteiger partial charge in [0.05, 0.1) is 18.2 Å². The van der Waals surface area contributed by atoms with E-state index in [4.69, 9.17) is 15.3 Å². The van der Waals surface area contributed by atoms with E-state index in [1.165, 1.54) is 25.7 Å². The summed E-state index contributed by atoms with van der Waals surface area (Å²) in [6, 6.07) is 8.26. The molecule has 3 N–H and O–H groups in total. The number of hydrazine groups is 1. The molecule has 2 fully saturated rings. The van der Waals surface area contributed by atoms with Gasteiger partial charge in [-0.1, -0.05) is 12.1 Å². The Morgan fingerprint density at radius 3 is 2.32 bits per heavy atom. The van der Waals surface area contributed by atoms with Crippen molar-refractivity contribution in [3.05, 3.63) is 29.8 Å². The molecule has 1 aromatic rings. The molecule has 0 aliphatic heterocycles. The molecule has 1 aromatic carbocycles. The Hall–Kier alpha value is -1.10. The van der Waals surface area contributed by atoms with Crippen LogP contribution in [0, 0.1) is 5.92 Å². The number of ether oxygens (including phenoxy) is 2. The van der Waals surface area contributed by atoms with E-state index in [0.29, 0.717) is 12.0 Å². The van der Waals surface area contributed by atoms with Gasteiger partial charge in [0.15, 0.2) is 0 Å². The molecule has 3 rings (SSSR count). The van der Waals surface area contributed by atoms with Gasteiger partial charge in [-0.2, -0.15) is 0 Å². The van der Waals surface area contributed by atoms with Crippen LogP contribution in [0.1, 0.15) is 37.3 Å². The molecule has 0 heterocycles. The van der Waals surface area contributed by atoms with Gasteiger partial charge >= 0.3 is 0 Å². The second-order valence-electron chi connectivity index (χ2n) is 5.57. The summed E-state index contributed by atoms with van der Waals surface area (Å²) in [5.41, 5.74) is 4.05. The van der Waals surface area contributed by atoms with Crippen LogP contribution in [-0.2, 0) is 4.74 Å². The first kappa shape index (κ1) is 12.9. The molecule has 0 saturated heterocycles. The summed E-state index contributed by atoms with van der Waals surface area (Å²) in [5, 5.41) is 0. The van der Waals surface area contributed by atoms with E-state index in [9.17, 15) is 0 Å². The molecule has 0 bridgehead atoms. The van der Waals surface area contributed by atoms with Gasteiger partial charge in [0.25, 0.3) is 0 Å². The maximum Gasteiger partial charge on any atom is 0.119 e. The summed E-state index contributed by atoms with van der Waals surface area (Å²) >= 11 is 0. The number of nitrogens with one attached hydrogen (secondary N) is 1. The van der Waals surface area contributed by atoms with Gasteiger partial charge in [0.1, 0.15) is 5.75 Å². The fourth-order valence-corrected chi connectivity index (χ4v) is 2.54. The van der Waals surface area contributed by atoms with Gasteiger partial charge in [-0.05, 0) is 49.3 Å². The molecule has 4 heteroatoms. The van der Waals surface area contributed by atoms with Gasteiger partial charge < -0.3 is 9.47 Å². The number of benzene rings is 1. The Labute approximate surface area is 114 Å². The van der Waals surface area contributed by atoms with Gasteiger partial charge in [0, 0.05) is 7.11 Å². The Morgan fingerprint density at radius 2 is 1.84 bits per heavy atom. The number of methoxy groups -OCH3 is 1. The summed E-state index contributed by atoms with van der Waals surface area (Å²) in [5.74, 6) is 7.29. The topological polar surface area (TPSA) is 56.5 Å². The number of hydrogen-bond donors (Lipinski definition) is 2. The molecule has 0 spiro atoms. The zero-order valence-electron chi connectivity index (χ0n) is 11.3. The summed E-state index contributed by atoms with van der Waals surface area (Å²) in [4.78, 5) is 0. The maximum absolute atomic E-state index is 5.76. The summed E-state index contributed by atoms with van der Waals surface area (Å²) in [7, 11) is 1.76. The minimum absolute atomic E-state index is 0.0486. The maximum atomic E-state index is 5.76. The monoisotopic (exact) mass is 262 g/mol. The molecule has 2 aliphatic carbocycles. The third kappa shape index (κ3) is 3.08. The normalized spacial score (nSPS) is 22.0.